The van der Waals surface area contributed by atoms with Crippen molar-refractivity contribution in [2.24, 2.45) is 0 Å². The number of ether oxygens (including phenoxy) is 1. The van der Waals surface area contributed by atoms with Crippen LogP contribution >= 0.6 is 11.6 Å². The van der Waals surface area contributed by atoms with Gasteiger partial charge in [0.25, 0.3) is 0 Å². The van der Waals surface area contributed by atoms with Crippen LogP contribution in [-0.2, 0) is 4.74 Å². The van der Waals surface area contributed by atoms with Crippen LogP contribution in [0.25, 0.3) is 0 Å². The summed E-state index contributed by atoms with van der Waals surface area (Å²) in [5.41, 5.74) is 0.238. The summed E-state index contributed by atoms with van der Waals surface area (Å²) in [6, 6.07) is 1.73. The van der Waals surface area contributed by atoms with E-state index in [2.05, 4.69) is 5.32 Å². The molecule has 1 aromatic carbocycles. The van der Waals surface area contributed by atoms with Crippen molar-refractivity contribution in [3.05, 3.63) is 34.4 Å². The number of halogens is 3. The van der Waals surface area contributed by atoms with E-state index >= 15 is 0 Å². The normalized spacial score (nSPS) is 12.8. The molecule has 0 saturated carbocycles. The van der Waals surface area contributed by atoms with Crippen molar-refractivity contribution in [2.45, 2.75) is 19.4 Å². The van der Waals surface area contributed by atoms with Gasteiger partial charge in [0, 0.05) is 12.7 Å². The Hall–Kier alpha value is -0.710. The molecule has 17 heavy (non-hydrogen) atoms. The van der Waals surface area contributed by atoms with Gasteiger partial charge in [0.15, 0.2) is 0 Å². The number of benzene rings is 1. The smallest absolute Gasteiger partial charge is 0.142 e. The summed E-state index contributed by atoms with van der Waals surface area (Å²) in [7, 11) is 1.52. The van der Waals surface area contributed by atoms with Crippen molar-refractivity contribution < 1.29 is 13.5 Å². The first-order chi connectivity index (χ1) is 8.10. The minimum absolute atomic E-state index is 0.210. The summed E-state index contributed by atoms with van der Waals surface area (Å²) in [5, 5.41) is 2.89. The molecule has 2 nitrogen and oxygen atoms in total. The Bertz CT molecular complexity index is 374. The van der Waals surface area contributed by atoms with E-state index in [9.17, 15) is 8.78 Å². The maximum Gasteiger partial charge on any atom is 0.142 e. The number of rotatable bonds is 6. The zero-order valence-corrected chi connectivity index (χ0v) is 10.7. The van der Waals surface area contributed by atoms with Gasteiger partial charge >= 0.3 is 0 Å². The van der Waals surface area contributed by atoms with Gasteiger partial charge < -0.3 is 10.1 Å². The lowest BCUT2D eigenvalue weighted by molar-refractivity contribution is 0.165. The highest BCUT2D eigenvalue weighted by molar-refractivity contribution is 6.30. The molecule has 0 saturated heterocycles. The third-order valence-electron chi connectivity index (χ3n) is 2.39. The SMILES string of the molecule is CCCNC(COC)c1cc(F)c(Cl)cc1F. The second-order valence-electron chi connectivity index (χ2n) is 3.75. The first-order valence-electron chi connectivity index (χ1n) is 5.46. The van der Waals surface area contributed by atoms with Gasteiger partial charge in [-0.3, -0.25) is 0 Å². The van der Waals surface area contributed by atoms with Crippen molar-refractivity contribution in [1.82, 2.24) is 5.32 Å². The van der Waals surface area contributed by atoms with Crippen LogP contribution in [0, 0.1) is 11.6 Å². The highest BCUT2D eigenvalue weighted by Gasteiger charge is 2.17. The molecule has 0 aromatic heterocycles. The zero-order valence-electron chi connectivity index (χ0n) is 9.90. The second kappa shape index (κ2) is 6.89. The molecule has 0 heterocycles. The van der Waals surface area contributed by atoms with Crippen LogP contribution in [-0.4, -0.2) is 20.3 Å². The largest absolute Gasteiger partial charge is 0.383 e. The van der Waals surface area contributed by atoms with Crippen LogP contribution in [0.15, 0.2) is 12.1 Å². The zero-order chi connectivity index (χ0) is 12.8. The molecule has 0 fully saturated rings. The molecule has 5 heteroatoms. The molecule has 0 amide bonds. The molecule has 1 rings (SSSR count). The highest BCUT2D eigenvalue weighted by Crippen LogP contribution is 2.24. The van der Waals surface area contributed by atoms with Crippen LogP contribution in [0.1, 0.15) is 24.9 Å². The molecular formula is C12H16ClF2NO. The van der Waals surface area contributed by atoms with E-state index in [1.807, 2.05) is 6.92 Å². The van der Waals surface area contributed by atoms with Crippen molar-refractivity contribution in [2.75, 3.05) is 20.3 Å². The van der Waals surface area contributed by atoms with E-state index in [1.54, 1.807) is 0 Å². The van der Waals surface area contributed by atoms with Crippen LogP contribution in [0.3, 0.4) is 0 Å². The molecule has 0 spiro atoms. The van der Waals surface area contributed by atoms with Crippen LogP contribution in [0.5, 0.6) is 0 Å². The number of hydrogen-bond donors (Lipinski definition) is 1. The summed E-state index contributed by atoms with van der Waals surface area (Å²) in [6.07, 6.45) is 0.901. The summed E-state index contributed by atoms with van der Waals surface area (Å²) in [4.78, 5) is 0. The van der Waals surface area contributed by atoms with Crippen molar-refractivity contribution >= 4 is 11.6 Å². The Morgan fingerprint density at radius 3 is 2.65 bits per heavy atom. The summed E-state index contributed by atoms with van der Waals surface area (Å²) >= 11 is 5.51. The van der Waals surface area contributed by atoms with Gasteiger partial charge in [-0.05, 0) is 25.1 Å². The van der Waals surface area contributed by atoms with Crippen LogP contribution in [0.4, 0.5) is 8.78 Å². The summed E-state index contributed by atoms with van der Waals surface area (Å²) in [6.45, 7) is 2.98. The van der Waals surface area contributed by atoms with Crippen LogP contribution in [0.2, 0.25) is 5.02 Å². The van der Waals surface area contributed by atoms with Crippen molar-refractivity contribution in [3.8, 4) is 0 Å². The van der Waals surface area contributed by atoms with E-state index < -0.39 is 11.6 Å². The highest BCUT2D eigenvalue weighted by atomic mass is 35.5. The van der Waals surface area contributed by atoms with Gasteiger partial charge in [-0.25, -0.2) is 8.78 Å². The van der Waals surface area contributed by atoms with Gasteiger partial charge in [0.2, 0.25) is 0 Å². The standard InChI is InChI=1S/C12H16ClF2NO/c1-3-4-16-12(7-17-2)8-5-11(15)9(13)6-10(8)14/h5-6,12,16H,3-4,7H2,1-2H3. The second-order valence-corrected chi connectivity index (χ2v) is 4.16. The number of hydrogen-bond acceptors (Lipinski definition) is 2. The summed E-state index contributed by atoms with van der Waals surface area (Å²) in [5.74, 6) is -1.15. The molecule has 0 aliphatic heterocycles. The molecular weight excluding hydrogens is 248 g/mol. The summed E-state index contributed by atoms with van der Waals surface area (Å²) < 4.78 is 32.0. The Balaban J connectivity index is 2.96. The number of methoxy groups -OCH3 is 1. The topological polar surface area (TPSA) is 21.3 Å². The van der Waals surface area contributed by atoms with Gasteiger partial charge in [0.1, 0.15) is 11.6 Å². The minimum atomic E-state index is -0.623. The maximum atomic E-state index is 13.7. The van der Waals surface area contributed by atoms with Crippen LogP contribution < -0.4 is 5.32 Å². The van der Waals surface area contributed by atoms with Crippen molar-refractivity contribution in [1.29, 1.82) is 0 Å². The average Bonchev–Trinajstić information content (AvgIpc) is 2.29. The Labute approximate surface area is 105 Å². The quantitative estimate of drug-likeness (QED) is 0.795. The number of nitrogens with one attached hydrogen (secondary N) is 1. The first kappa shape index (κ1) is 14.4. The molecule has 1 N–H and O–H groups in total. The molecule has 1 unspecified atom stereocenters. The lowest BCUT2D eigenvalue weighted by Crippen LogP contribution is -2.27. The van der Waals surface area contributed by atoms with E-state index in [1.165, 1.54) is 7.11 Å². The Morgan fingerprint density at radius 1 is 1.35 bits per heavy atom. The molecule has 0 radical (unpaired) electrons. The van der Waals surface area contributed by atoms with Gasteiger partial charge in [-0.2, -0.15) is 0 Å². The van der Waals surface area contributed by atoms with Gasteiger partial charge in [-0.1, -0.05) is 18.5 Å². The molecule has 0 aliphatic carbocycles. The Kier molecular flexibility index (Phi) is 5.82. The molecule has 0 bridgehead atoms. The van der Waals surface area contributed by atoms with Crippen molar-refractivity contribution in [3.63, 3.8) is 0 Å². The predicted molar refractivity (Wildman–Crippen MR) is 64.3 cm³/mol. The third-order valence-corrected chi connectivity index (χ3v) is 2.68. The average molecular weight is 264 g/mol. The van der Waals surface area contributed by atoms with E-state index in [0.717, 1.165) is 18.6 Å². The minimum Gasteiger partial charge on any atom is -0.383 e. The van der Waals surface area contributed by atoms with Gasteiger partial charge in [-0.15, -0.1) is 0 Å². The fourth-order valence-corrected chi connectivity index (χ4v) is 1.70. The van der Waals surface area contributed by atoms with E-state index in [-0.39, 0.29) is 23.2 Å². The monoisotopic (exact) mass is 263 g/mol. The lowest BCUT2D eigenvalue weighted by atomic mass is 10.1. The predicted octanol–water partition coefficient (Wildman–Crippen LogP) is 3.31. The third kappa shape index (κ3) is 3.91. The first-order valence-corrected chi connectivity index (χ1v) is 5.84. The lowest BCUT2D eigenvalue weighted by Gasteiger charge is -2.19. The van der Waals surface area contributed by atoms with Gasteiger partial charge in [0.05, 0.1) is 17.7 Å². The molecule has 1 atom stereocenters. The molecule has 96 valence electrons. The van der Waals surface area contributed by atoms with E-state index in [0.29, 0.717) is 6.54 Å². The maximum absolute atomic E-state index is 13.7. The fourth-order valence-electron chi connectivity index (χ4n) is 1.55. The molecule has 0 aliphatic rings. The fraction of sp³-hybridized carbons (Fsp3) is 0.500. The Morgan fingerprint density at radius 2 is 2.06 bits per heavy atom. The molecule has 1 aromatic rings. The van der Waals surface area contributed by atoms with E-state index in [4.69, 9.17) is 16.3 Å².